The molecule has 0 rings (SSSR count). The lowest BCUT2D eigenvalue weighted by Crippen LogP contribution is -2.14. The van der Waals surface area contributed by atoms with Crippen molar-refractivity contribution in [2.75, 3.05) is 7.11 Å². The van der Waals surface area contributed by atoms with Crippen LogP contribution in [0.2, 0.25) is 0 Å². The standard InChI is InChI=1S/C8H12O4/c1-4-6(9)7(8(10)11)5(2)12-3/h4H2,1-3H3,(H,10,11). The summed E-state index contributed by atoms with van der Waals surface area (Å²) in [5.41, 5.74) is -0.264. The normalized spacial score (nSPS) is 11.9. The number of carboxylic acids is 1. The summed E-state index contributed by atoms with van der Waals surface area (Å²) in [4.78, 5) is 21.6. The minimum absolute atomic E-state index is 0.148. The van der Waals surface area contributed by atoms with Gasteiger partial charge in [-0.3, -0.25) is 4.79 Å². The fourth-order valence-corrected chi connectivity index (χ4v) is 0.745. The van der Waals surface area contributed by atoms with Crippen LogP contribution < -0.4 is 0 Å². The van der Waals surface area contributed by atoms with Crippen molar-refractivity contribution in [1.82, 2.24) is 0 Å². The Morgan fingerprint density at radius 3 is 2.17 bits per heavy atom. The zero-order valence-electron chi connectivity index (χ0n) is 7.38. The number of Topliss-reactive ketones (excluding diaryl/α,β-unsaturated/α-hetero) is 1. The average Bonchev–Trinajstić information content (AvgIpc) is 2.03. The van der Waals surface area contributed by atoms with Crippen LogP contribution >= 0.6 is 0 Å². The van der Waals surface area contributed by atoms with Crippen molar-refractivity contribution >= 4 is 11.8 Å². The number of hydrogen-bond donors (Lipinski definition) is 1. The highest BCUT2D eigenvalue weighted by Gasteiger charge is 2.19. The summed E-state index contributed by atoms with van der Waals surface area (Å²) in [5, 5.41) is 8.62. The molecule has 4 heteroatoms. The molecule has 0 atom stereocenters. The van der Waals surface area contributed by atoms with Crippen LogP contribution in [-0.4, -0.2) is 24.0 Å². The molecular weight excluding hydrogens is 160 g/mol. The highest BCUT2D eigenvalue weighted by atomic mass is 16.5. The number of carboxylic acid groups (broad SMARTS) is 1. The Morgan fingerprint density at radius 1 is 1.42 bits per heavy atom. The first-order valence-electron chi connectivity index (χ1n) is 3.55. The predicted molar refractivity (Wildman–Crippen MR) is 42.6 cm³/mol. The maximum Gasteiger partial charge on any atom is 0.342 e. The third kappa shape index (κ3) is 2.38. The Labute approximate surface area is 70.8 Å². The number of hydrogen-bond acceptors (Lipinski definition) is 3. The van der Waals surface area contributed by atoms with Crippen molar-refractivity contribution in [2.24, 2.45) is 0 Å². The van der Waals surface area contributed by atoms with Crippen LogP contribution in [0.1, 0.15) is 20.3 Å². The molecule has 12 heavy (non-hydrogen) atoms. The van der Waals surface area contributed by atoms with E-state index in [0.717, 1.165) is 0 Å². The van der Waals surface area contributed by atoms with Gasteiger partial charge >= 0.3 is 5.97 Å². The van der Waals surface area contributed by atoms with E-state index in [9.17, 15) is 9.59 Å². The van der Waals surface area contributed by atoms with Crippen molar-refractivity contribution in [3.8, 4) is 0 Å². The van der Waals surface area contributed by atoms with Gasteiger partial charge in [0, 0.05) is 6.42 Å². The maximum atomic E-state index is 11.0. The van der Waals surface area contributed by atoms with Gasteiger partial charge < -0.3 is 9.84 Å². The second kappa shape index (κ2) is 4.54. The van der Waals surface area contributed by atoms with Gasteiger partial charge in [-0.25, -0.2) is 4.79 Å². The summed E-state index contributed by atoms with van der Waals surface area (Å²) in [6, 6.07) is 0. The Hall–Kier alpha value is -1.32. The van der Waals surface area contributed by atoms with Crippen LogP contribution in [0, 0.1) is 0 Å². The summed E-state index contributed by atoms with van der Waals surface area (Å²) in [7, 11) is 1.33. The molecule has 0 bridgehead atoms. The largest absolute Gasteiger partial charge is 0.500 e. The minimum Gasteiger partial charge on any atom is -0.500 e. The van der Waals surface area contributed by atoms with Gasteiger partial charge in [-0.15, -0.1) is 0 Å². The molecule has 1 N–H and O–H groups in total. The van der Waals surface area contributed by atoms with E-state index in [4.69, 9.17) is 5.11 Å². The van der Waals surface area contributed by atoms with Gasteiger partial charge in [0.05, 0.1) is 7.11 Å². The predicted octanol–water partition coefficient (Wildman–Crippen LogP) is 0.970. The number of ketones is 1. The van der Waals surface area contributed by atoms with E-state index in [-0.39, 0.29) is 17.8 Å². The van der Waals surface area contributed by atoms with E-state index in [1.54, 1.807) is 6.92 Å². The number of carbonyl (C=O) groups excluding carboxylic acids is 1. The third-order valence-electron chi connectivity index (χ3n) is 1.47. The first kappa shape index (κ1) is 10.7. The zero-order chi connectivity index (χ0) is 9.72. The summed E-state index contributed by atoms with van der Waals surface area (Å²) in [6.07, 6.45) is 0.169. The van der Waals surface area contributed by atoms with E-state index >= 15 is 0 Å². The van der Waals surface area contributed by atoms with Crippen LogP contribution in [0.15, 0.2) is 11.3 Å². The quantitative estimate of drug-likeness (QED) is 0.297. The number of methoxy groups -OCH3 is 1. The van der Waals surface area contributed by atoms with E-state index in [1.807, 2.05) is 0 Å². The molecule has 0 amide bonds. The average molecular weight is 172 g/mol. The highest BCUT2D eigenvalue weighted by Crippen LogP contribution is 2.08. The minimum atomic E-state index is -1.24. The second-order valence-corrected chi connectivity index (χ2v) is 2.22. The lowest BCUT2D eigenvalue weighted by Gasteiger charge is -2.03. The molecule has 0 aromatic rings. The molecule has 0 heterocycles. The zero-order valence-corrected chi connectivity index (χ0v) is 7.38. The SMILES string of the molecule is CCC(=O)C(C(=O)O)=C(C)OC. The molecule has 68 valence electrons. The molecule has 4 nitrogen and oxygen atoms in total. The van der Waals surface area contributed by atoms with E-state index < -0.39 is 11.8 Å². The Balaban J connectivity index is 4.91. The fraction of sp³-hybridized carbons (Fsp3) is 0.500. The summed E-state index contributed by atoms with van der Waals surface area (Å²) in [6.45, 7) is 3.06. The molecule has 0 radical (unpaired) electrons. The van der Waals surface area contributed by atoms with Gasteiger partial charge in [-0.1, -0.05) is 6.92 Å². The molecule has 0 aliphatic rings. The molecule has 0 aromatic heterocycles. The molecule has 0 saturated carbocycles. The van der Waals surface area contributed by atoms with Gasteiger partial charge in [0.1, 0.15) is 11.3 Å². The number of rotatable bonds is 4. The van der Waals surface area contributed by atoms with Crippen molar-refractivity contribution in [3.63, 3.8) is 0 Å². The van der Waals surface area contributed by atoms with Gasteiger partial charge in [0.25, 0.3) is 0 Å². The lowest BCUT2D eigenvalue weighted by molar-refractivity contribution is -0.134. The first-order chi connectivity index (χ1) is 5.54. The van der Waals surface area contributed by atoms with Crippen molar-refractivity contribution in [2.45, 2.75) is 20.3 Å². The summed E-state index contributed by atoms with van der Waals surface area (Å²) in [5.74, 6) is -1.50. The van der Waals surface area contributed by atoms with Crippen molar-refractivity contribution < 1.29 is 19.4 Å². The Kier molecular flexibility index (Phi) is 4.04. The van der Waals surface area contributed by atoms with Gasteiger partial charge in [-0.05, 0) is 6.92 Å². The van der Waals surface area contributed by atoms with Crippen LogP contribution in [0.3, 0.4) is 0 Å². The van der Waals surface area contributed by atoms with Crippen LogP contribution in [0.4, 0.5) is 0 Å². The molecular formula is C8H12O4. The number of ether oxygens (including phenoxy) is 1. The molecule has 0 unspecified atom stereocenters. The van der Waals surface area contributed by atoms with E-state index in [2.05, 4.69) is 4.74 Å². The number of aliphatic carboxylic acids is 1. The molecule has 0 aromatic carbocycles. The molecule has 0 saturated heterocycles. The van der Waals surface area contributed by atoms with Crippen LogP contribution in [0.5, 0.6) is 0 Å². The lowest BCUT2D eigenvalue weighted by atomic mass is 10.1. The van der Waals surface area contributed by atoms with E-state index in [1.165, 1.54) is 14.0 Å². The highest BCUT2D eigenvalue weighted by molar-refractivity contribution is 6.16. The molecule has 0 spiro atoms. The first-order valence-corrected chi connectivity index (χ1v) is 3.55. The summed E-state index contributed by atoms with van der Waals surface area (Å²) >= 11 is 0. The van der Waals surface area contributed by atoms with Gasteiger partial charge in [-0.2, -0.15) is 0 Å². The summed E-state index contributed by atoms with van der Waals surface area (Å²) < 4.78 is 4.67. The van der Waals surface area contributed by atoms with Crippen molar-refractivity contribution in [3.05, 3.63) is 11.3 Å². The topological polar surface area (TPSA) is 63.6 Å². The second-order valence-electron chi connectivity index (χ2n) is 2.22. The fourth-order valence-electron chi connectivity index (χ4n) is 0.745. The van der Waals surface area contributed by atoms with Crippen LogP contribution in [-0.2, 0) is 14.3 Å². The maximum absolute atomic E-state index is 11.0. The monoisotopic (exact) mass is 172 g/mol. The number of carbonyl (C=O) groups is 2. The molecule has 0 aliphatic carbocycles. The molecule has 0 aliphatic heterocycles. The number of allylic oxidation sites excluding steroid dienone is 1. The van der Waals surface area contributed by atoms with Crippen molar-refractivity contribution in [1.29, 1.82) is 0 Å². The van der Waals surface area contributed by atoms with Crippen LogP contribution in [0.25, 0.3) is 0 Å². The van der Waals surface area contributed by atoms with E-state index in [0.29, 0.717) is 0 Å². The van der Waals surface area contributed by atoms with Gasteiger partial charge in [0.15, 0.2) is 5.78 Å². The third-order valence-corrected chi connectivity index (χ3v) is 1.47. The molecule has 0 fully saturated rings. The Morgan fingerprint density at radius 2 is 1.92 bits per heavy atom. The smallest absolute Gasteiger partial charge is 0.342 e. The Bertz CT molecular complexity index is 227. The van der Waals surface area contributed by atoms with Gasteiger partial charge in [0.2, 0.25) is 0 Å².